The largest absolute Gasteiger partial charge is 0.378 e. The first kappa shape index (κ1) is 22.1. The van der Waals surface area contributed by atoms with E-state index >= 15 is 0 Å². The number of piperidine rings is 1. The zero-order valence-electron chi connectivity index (χ0n) is 16.5. The van der Waals surface area contributed by atoms with E-state index in [2.05, 4.69) is 29.4 Å². The van der Waals surface area contributed by atoms with E-state index in [1.54, 1.807) is 0 Å². The molecule has 0 spiro atoms. The number of ketones is 1. The van der Waals surface area contributed by atoms with E-state index in [1.165, 1.54) is 0 Å². The maximum Gasteiger partial charge on any atom is 0.178 e. The number of hydrogen-bond donors (Lipinski definition) is 0. The molecule has 1 aliphatic rings. The zero-order chi connectivity index (χ0) is 18.5. The van der Waals surface area contributed by atoms with E-state index in [0.717, 1.165) is 61.6 Å². The maximum atomic E-state index is 12.9. The molecule has 1 aromatic carbocycles. The topological polar surface area (TPSA) is 34.5 Å². The molecule has 0 amide bonds. The number of likely N-dealkylation sites (tertiary alicyclic amines) is 1. The molecule has 3 rings (SSSR count). The van der Waals surface area contributed by atoms with Crippen LogP contribution in [0.2, 0.25) is 0 Å². The summed E-state index contributed by atoms with van der Waals surface area (Å²) >= 11 is 0. The number of aryl methyl sites for hydroxylation is 1. The monoisotopic (exact) mass is 537 g/mol. The first-order chi connectivity index (χ1) is 12.6. The second-order valence-electron chi connectivity index (χ2n) is 7.15. The number of nitrogens with zero attached hydrogens (tertiary/aromatic N) is 2. The molecule has 0 aliphatic carbocycles. The number of ether oxygens (including phenoxy) is 1. The minimum Gasteiger partial charge on any atom is -0.378 e. The van der Waals surface area contributed by atoms with Crippen LogP contribution in [0.4, 0.5) is 0 Å². The van der Waals surface area contributed by atoms with Crippen molar-refractivity contribution in [2.45, 2.75) is 46.1 Å². The first-order valence-electron chi connectivity index (χ1n) is 9.62. The molecule has 4 nitrogen and oxygen atoms in total. The predicted octanol–water partition coefficient (Wildman–Crippen LogP) is 3.97. The quantitative estimate of drug-likeness (QED) is 0.397. The molecule has 1 saturated heterocycles. The molecular formula is C22H29N2O2W-. The number of benzene rings is 1. The Morgan fingerprint density at radius 2 is 1.89 bits per heavy atom. The number of carbonyl (C=O) groups is 1. The minimum atomic E-state index is 0. The van der Waals surface area contributed by atoms with Gasteiger partial charge in [-0.3, -0.25) is 9.69 Å². The third kappa shape index (κ3) is 5.40. The van der Waals surface area contributed by atoms with E-state index in [4.69, 9.17) is 4.74 Å². The van der Waals surface area contributed by atoms with Crippen LogP contribution in [0.25, 0.3) is 5.69 Å². The standard InChI is InChI=1S/C22H29N2O2.W/c1-4-14-26-20-10-12-23(13-11-20)16-22(25)21-15-17(2)24(18(21)3)19-8-6-5-7-9-19;/h6-9,15,20H,4,10-14,16H2,1-3H3;/q-1;. The first-order valence-corrected chi connectivity index (χ1v) is 9.62. The molecule has 0 N–H and O–H groups in total. The second kappa shape index (κ2) is 10.4. The summed E-state index contributed by atoms with van der Waals surface area (Å²) in [6, 6.07) is 12.9. The van der Waals surface area contributed by atoms with Crippen molar-refractivity contribution in [3.05, 3.63) is 53.3 Å². The molecule has 5 heteroatoms. The fourth-order valence-electron chi connectivity index (χ4n) is 3.78. The molecule has 146 valence electrons. The Morgan fingerprint density at radius 3 is 2.52 bits per heavy atom. The van der Waals surface area contributed by atoms with Gasteiger partial charge < -0.3 is 9.30 Å². The molecule has 1 fully saturated rings. The summed E-state index contributed by atoms with van der Waals surface area (Å²) in [5.41, 5.74) is 4.01. The van der Waals surface area contributed by atoms with Crippen LogP contribution in [0.15, 0.2) is 30.3 Å². The van der Waals surface area contributed by atoms with Crippen molar-refractivity contribution in [3.63, 3.8) is 0 Å². The molecule has 0 saturated carbocycles. The van der Waals surface area contributed by atoms with Crippen LogP contribution in [0.3, 0.4) is 0 Å². The van der Waals surface area contributed by atoms with Gasteiger partial charge in [0.2, 0.25) is 0 Å². The summed E-state index contributed by atoms with van der Waals surface area (Å²) < 4.78 is 7.98. The van der Waals surface area contributed by atoms with E-state index in [-0.39, 0.29) is 26.8 Å². The molecule has 1 aliphatic heterocycles. The van der Waals surface area contributed by atoms with Gasteiger partial charge in [-0.1, -0.05) is 12.6 Å². The van der Waals surface area contributed by atoms with Gasteiger partial charge in [-0.2, -0.15) is 18.2 Å². The third-order valence-electron chi connectivity index (χ3n) is 5.15. The summed E-state index contributed by atoms with van der Waals surface area (Å²) in [5.74, 6) is 0.208. The van der Waals surface area contributed by atoms with Crippen LogP contribution in [-0.2, 0) is 25.8 Å². The molecule has 2 heterocycles. The van der Waals surface area contributed by atoms with Gasteiger partial charge in [-0.25, -0.2) is 0 Å². The zero-order valence-corrected chi connectivity index (χ0v) is 19.5. The van der Waals surface area contributed by atoms with Crippen LogP contribution < -0.4 is 0 Å². The molecule has 0 radical (unpaired) electrons. The Hall–Kier alpha value is -1.22. The molecule has 2 aromatic rings. The predicted molar refractivity (Wildman–Crippen MR) is 104 cm³/mol. The number of aromatic nitrogens is 1. The van der Waals surface area contributed by atoms with Crippen molar-refractivity contribution in [2.75, 3.05) is 26.2 Å². The molecule has 0 bridgehead atoms. The van der Waals surface area contributed by atoms with Crippen LogP contribution >= 0.6 is 0 Å². The maximum absolute atomic E-state index is 12.9. The van der Waals surface area contributed by atoms with E-state index in [0.29, 0.717) is 12.6 Å². The third-order valence-corrected chi connectivity index (χ3v) is 5.15. The van der Waals surface area contributed by atoms with Crippen LogP contribution in [0.5, 0.6) is 0 Å². The van der Waals surface area contributed by atoms with Crippen molar-refractivity contribution in [1.29, 1.82) is 0 Å². The fraction of sp³-hybridized carbons (Fsp3) is 0.500. The van der Waals surface area contributed by atoms with Crippen LogP contribution in [0, 0.1) is 19.9 Å². The van der Waals surface area contributed by atoms with Gasteiger partial charge in [0.05, 0.1) is 12.6 Å². The average Bonchev–Trinajstić information content (AvgIpc) is 2.96. The van der Waals surface area contributed by atoms with Crippen molar-refractivity contribution >= 4 is 5.78 Å². The summed E-state index contributed by atoms with van der Waals surface area (Å²) in [6.45, 7) is 9.43. The molecule has 1 aromatic heterocycles. The smallest absolute Gasteiger partial charge is 0.178 e. The Kier molecular flexibility index (Phi) is 8.47. The SMILES string of the molecule is CCCOC1CCN(CC(=O)c2cc(C)n(-c3cc[c-]cc3)c2C)CC1.[W]. The van der Waals surface area contributed by atoms with Crippen molar-refractivity contribution < 1.29 is 30.6 Å². The van der Waals surface area contributed by atoms with E-state index in [9.17, 15) is 4.79 Å². The van der Waals surface area contributed by atoms with Crippen molar-refractivity contribution in [3.8, 4) is 5.69 Å². The Bertz CT molecular complexity index is 734. The van der Waals surface area contributed by atoms with Crippen LogP contribution in [-0.4, -0.2) is 47.6 Å². The van der Waals surface area contributed by atoms with E-state index < -0.39 is 0 Å². The number of rotatable bonds is 7. The summed E-state index contributed by atoms with van der Waals surface area (Å²) in [7, 11) is 0. The van der Waals surface area contributed by atoms with Gasteiger partial charge in [-0.05, 0) is 39.2 Å². The van der Waals surface area contributed by atoms with Gasteiger partial charge in [0.15, 0.2) is 5.78 Å². The molecular weight excluding hydrogens is 508 g/mol. The Morgan fingerprint density at radius 1 is 1.22 bits per heavy atom. The van der Waals surface area contributed by atoms with E-state index in [1.807, 2.05) is 37.3 Å². The fourth-order valence-corrected chi connectivity index (χ4v) is 3.78. The van der Waals surface area contributed by atoms with Crippen LogP contribution in [0.1, 0.15) is 47.9 Å². The average molecular weight is 537 g/mol. The molecule has 0 unspecified atom stereocenters. The number of Topliss-reactive ketones (excluding diaryl/α,β-unsaturated/α-hetero) is 1. The van der Waals surface area contributed by atoms with Crippen molar-refractivity contribution in [2.24, 2.45) is 0 Å². The Balaban J connectivity index is 0.00000261. The summed E-state index contributed by atoms with van der Waals surface area (Å²) in [4.78, 5) is 15.2. The normalized spacial score (nSPS) is 15.5. The minimum absolute atomic E-state index is 0. The summed E-state index contributed by atoms with van der Waals surface area (Å²) in [6.07, 6.45) is 3.47. The van der Waals surface area contributed by atoms with Gasteiger partial charge in [0, 0.05) is 57.7 Å². The molecule has 0 atom stereocenters. The van der Waals surface area contributed by atoms with Gasteiger partial charge >= 0.3 is 0 Å². The van der Waals surface area contributed by atoms with Gasteiger partial charge in [0.25, 0.3) is 0 Å². The number of carbonyl (C=O) groups excluding carboxylic acids is 1. The second-order valence-corrected chi connectivity index (χ2v) is 7.15. The van der Waals surface area contributed by atoms with Crippen molar-refractivity contribution in [1.82, 2.24) is 9.47 Å². The number of hydrogen-bond acceptors (Lipinski definition) is 3. The van der Waals surface area contributed by atoms with Gasteiger partial charge in [0.1, 0.15) is 0 Å². The Labute approximate surface area is 177 Å². The summed E-state index contributed by atoms with van der Waals surface area (Å²) in [5, 5.41) is 0. The van der Waals surface area contributed by atoms with Gasteiger partial charge in [-0.15, -0.1) is 12.1 Å². The molecule has 27 heavy (non-hydrogen) atoms.